The Bertz CT molecular complexity index is 1350. The van der Waals surface area contributed by atoms with Gasteiger partial charge in [-0.2, -0.15) is 0 Å². The van der Waals surface area contributed by atoms with Crippen molar-refractivity contribution in [2.45, 2.75) is 45.0 Å². The Hall–Kier alpha value is -3.54. The van der Waals surface area contributed by atoms with Crippen LogP contribution in [0, 0.1) is 0 Å². The maximum absolute atomic E-state index is 13.7. The lowest BCUT2D eigenvalue weighted by molar-refractivity contribution is 0.0671. The summed E-state index contributed by atoms with van der Waals surface area (Å²) in [6, 6.07) is 9.89. The number of halogens is 2. The van der Waals surface area contributed by atoms with Crippen LogP contribution in [0.3, 0.4) is 0 Å². The number of benzene rings is 1. The standard InChI is InChI=1S/C29H30F2N2O2/c1-19(20-8-6-5-7-9-20)18-25(34)26-27(21-12-16-24(17-13-21)33(3)4)35-28(32-26)22-10-14-23(15-11-22)29(2,30)31/h5-10,12,14-17,19H,11,13,18H2,1-4H3. The molecule has 0 radical (unpaired) electrons. The van der Waals surface area contributed by atoms with E-state index in [1.165, 1.54) is 12.2 Å². The first kappa shape index (κ1) is 24.6. The minimum Gasteiger partial charge on any atom is -0.436 e. The van der Waals surface area contributed by atoms with Crippen molar-refractivity contribution >= 4 is 16.9 Å². The van der Waals surface area contributed by atoms with Gasteiger partial charge in [-0.25, -0.2) is 13.8 Å². The fraction of sp³-hybridized carbons (Fsp3) is 0.310. The number of hydrogen-bond donors (Lipinski definition) is 0. The first-order chi connectivity index (χ1) is 16.6. The predicted octanol–water partition coefficient (Wildman–Crippen LogP) is 5.30. The van der Waals surface area contributed by atoms with E-state index >= 15 is 0 Å². The molecule has 0 N–H and O–H groups in total. The Morgan fingerprint density at radius 2 is 1.74 bits per heavy atom. The van der Waals surface area contributed by atoms with E-state index in [-0.39, 0.29) is 30.1 Å². The second-order valence-electron chi connectivity index (χ2n) is 9.33. The smallest absolute Gasteiger partial charge is 0.270 e. The van der Waals surface area contributed by atoms with Gasteiger partial charge in [0.2, 0.25) is 5.55 Å². The highest BCUT2D eigenvalue weighted by Crippen LogP contribution is 2.29. The highest BCUT2D eigenvalue weighted by Gasteiger charge is 2.27. The van der Waals surface area contributed by atoms with Crippen LogP contribution in [0.1, 0.15) is 55.1 Å². The summed E-state index contributed by atoms with van der Waals surface area (Å²) in [5.41, 5.74) is 4.69. The van der Waals surface area contributed by atoms with Gasteiger partial charge in [0, 0.05) is 49.9 Å². The zero-order valence-electron chi connectivity index (χ0n) is 20.5. The molecule has 35 heavy (non-hydrogen) atoms. The predicted molar refractivity (Wildman–Crippen MR) is 134 cm³/mol. The number of carbonyl (C=O) groups excluding carboxylic acids is 1. The van der Waals surface area contributed by atoms with Crippen molar-refractivity contribution in [2.24, 2.45) is 0 Å². The maximum atomic E-state index is 13.7. The van der Waals surface area contributed by atoms with Crippen LogP contribution in [0.4, 0.5) is 8.78 Å². The molecule has 2 aromatic rings. The molecule has 0 spiro atoms. The largest absolute Gasteiger partial charge is 0.436 e. The van der Waals surface area contributed by atoms with E-state index in [1.807, 2.05) is 68.4 Å². The molecule has 1 heterocycles. The van der Waals surface area contributed by atoms with Gasteiger partial charge in [-0.05, 0) is 30.4 Å². The molecule has 4 rings (SSSR count). The van der Waals surface area contributed by atoms with Gasteiger partial charge < -0.3 is 9.32 Å². The summed E-state index contributed by atoms with van der Waals surface area (Å²) >= 11 is 0. The first-order valence-corrected chi connectivity index (χ1v) is 11.8. The molecule has 0 fully saturated rings. The van der Waals surface area contributed by atoms with Crippen LogP contribution in [0.5, 0.6) is 0 Å². The number of hydrogen-bond acceptors (Lipinski definition) is 4. The summed E-state index contributed by atoms with van der Waals surface area (Å²) < 4.78 is 33.5. The summed E-state index contributed by atoms with van der Waals surface area (Å²) in [5.74, 6) is -2.99. The number of alkyl halides is 2. The molecule has 0 saturated heterocycles. The summed E-state index contributed by atoms with van der Waals surface area (Å²) in [7, 11) is 3.95. The summed E-state index contributed by atoms with van der Waals surface area (Å²) in [4.78, 5) is 20.0. The number of nitrogens with zero attached hydrogens (tertiary/aromatic N) is 2. The second-order valence-corrected chi connectivity index (χ2v) is 9.33. The van der Waals surface area contributed by atoms with Crippen LogP contribution in [-0.2, 0) is 0 Å². The third-order valence-electron chi connectivity index (χ3n) is 6.33. The van der Waals surface area contributed by atoms with Gasteiger partial charge in [-0.3, -0.25) is 4.79 Å². The summed E-state index contributed by atoms with van der Waals surface area (Å²) in [6.07, 6.45) is 11.6. The van der Waals surface area contributed by atoms with Crippen molar-refractivity contribution < 1.29 is 18.0 Å². The third-order valence-corrected chi connectivity index (χ3v) is 6.33. The molecule has 0 saturated carbocycles. The quantitative estimate of drug-likeness (QED) is 0.531. The van der Waals surface area contributed by atoms with Gasteiger partial charge in [-0.15, -0.1) is 0 Å². The first-order valence-electron chi connectivity index (χ1n) is 11.8. The molecule has 0 amide bonds. The number of carbonyl (C=O) groups is 1. The fourth-order valence-corrected chi connectivity index (χ4v) is 4.21. The number of oxazole rings is 1. The minimum atomic E-state index is -2.91. The van der Waals surface area contributed by atoms with Gasteiger partial charge in [0.25, 0.3) is 5.92 Å². The molecule has 2 aliphatic rings. The van der Waals surface area contributed by atoms with Gasteiger partial charge in [0.15, 0.2) is 16.9 Å². The third kappa shape index (κ3) is 5.59. The van der Waals surface area contributed by atoms with Gasteiger partial charge in [0.1, 0.15) is 0 Å². The number of allylic oxidation sites excluding steroid dienone is 7. The van der Waals surface area contributed by atoms with E-state index in [0.29, 0.717) is 28.6 Å². The molecular weight excluding hydrogens is 446 g/mol. The minimum absolute atomic E-state index is 0.0170. The Labute approximate surface area is 204 Å². The van der Waals surface area contributed by atoms with Crippen molar-refractivity contribution in [3.8, 4) is 0 Å². The number of rotatable bonds is 6. The lowest BCUT2D eigenvalue weighted by Crippen LogP contribution is -2.18. The second kappa shape index (κ2) is 9.98. The van der Waals surface area contributed by atoms with Crippen LogP contribution in [-0.4, -0.2) is 35.7 Å². The molecule has 0 bridgehead atoms. The highest BCUT2D eigenvalue weighted by molar-refractivity contribution is 5.95. The van der Waals surface area contributed by atoms with Crippen molar-refractivity contribution in [1.29, 1.82) is 0 Å². The van der Waals surface area contributed by atoms with Crippen LogP contribution in [0.15, 0.2) is 82.5 Å². The summed E-state index contributed by atoms with van der Waals surface area (Å²) in [6.45, 7) is 2.90. The van der Waals surface area contributed by atoms with Crippen molar-refractivity contribution in [3.63, 3.8) is 0 Å². The summed E-state index contributed by atoms with van der Waals surface area (Å²) in [5, 5.41) is 0. The fourth-order valence-electron chi connectivity index (χ4n) is 4.21. The molecular formula is C29H30F2N2O2. The Kier molecular flexibility index (Phi) is 7.01. The number of Topliss-reactive ketones (excluding diaryl/α,β-unsaturated/α-hetero) is 1. The van der Waals surface area contributed by atoms with E-state index in [9.17, 15) is 13.6 Å². The van der Waals surface area contributed by atoms with Crippen molar-refractivity contribution in [1.82, 2.24) is 9.88 Å². The van der Waals surface area contributed by atoms with E-state index in [4.69, 9.17) is 4.42 Å². The van der Waals surface area contributed by atoms with Crippen molar-refractivity contribution in [2.75, 3.05) is 14.1 Å². The Balaban J connectivity index is 1.75. The molecule has 0 aliphatic heterocycles. The number of aromatic nitrogens is 1. The van der Waals surface area contributed by atoms with E-state index in [0.717, 1.165) is 23.8 Å². The molecule has 4 nitrogen and oxygen atoms in total. The van der Waals surface area contributed by atoms with Gasteiger partial charge in [-0.1, -0.05) is 67.6 Å². The van der Waals surface area contributed by atoms with Crippen molar-refractivity contribution in [3.05, 3.63) is 100 Å². The number of ketones is 1. The average molecular weight is 477 g/mol. The zero-order valence-corrected chi connectivity index (χ0v) is 20.5. The molecule has 1 atom stereocenters. The monoisotopic (exact) mass is 476 g/mol. The molecule has 6 heteroatoms. The molecule has 1 aromatic heterocycles. The van der Waals surface area contributed by atoms with Crippen LogP contribution in [0.2, 0.25) is 0 Å². The molecule has 2 aliphatic carbocycles. The maximum Gasteiger partial charge on any atom is 0.270 e. The Morgan fingerprint density at radius 1 is 1.06 bits per heavy atom. The van der Waals surface area contributed by atoms with Gasteiger partial charge >= 0.3 is 0 Å². The lowest BCUT2D eigenvalue weighted by atomic mass is 9.94. The number of likely N-dealkylation sites (N-methyl/N-ethyl adjacent to an activating group) is 1. The molecule has 1 aromatic carbocycles. The normalized spacial score (nSPS) is 19.8. The topological polar surface area (TPSA) is 46.3 Å². The zero-order chi connectivity index (χ0) is 25.2. The average Bonchev–Trinajstić information content (AvgIpc) is 3.30. The van der Waals surface area contributed by atoms with Crippen LogP contribution < -0.4 is 11.0 Å². The van der Waals surface area contributed by atoms with E-state index in [1.54, 1.807) is 6.08 Å². The van der Waals surface area contributed by atoms with E-state index in [2.05, 4.69) is 11.1 Å². The van der Waals surface area contributed by atoms with Crippen LogP contribution in [0.25, 0.3) is 11.1 Å². The highest BCUT2D eigenvalue weighted by atomic mass is 19.3. The molecule has 1 unspecified atom stereocenters. The SMILES string of the molecule is CC(CC(=O)c1nc(=C2C=CC(C(C)(F)F)=CC2)oc1=C1C=CC(N(C)C)=CC1)c1ccccc1. The van der Waals surface area contributed by atoms with E-state index < -0.39 is 5.92 Å². The van der Waals surface area contributed by atoms with Gasteiger partial charge in [0.05, 0.1) is 0 Å². The van der Waals surface area contributed by atoms with Crippen LogP contribution >= 0.6 is 0 Å². The molecule has 182 valence electrons. The lowest BCUT2D eigenvalue weighted by Gasteiger charge is -2.16. The Morgan fingerprint density at radius 3 is 2.31 bits per heavy atom.